The zero-order valence-electron chi connectivity index (χ0n) is 13.5. The van der Waals surface area contributed by atoms with E-state index in [4.69, 9.17) is 5.73 Å². The first-order chi connectivity index (χ1) is 9.71. The van der Waals surface area contributed by atoms with Crippen molar-refractivity contribution in [3.05, 3.63) is 29.3 Å². The predicted octanol–water partition coefficient (Wildman–Crippen LogP) is 2.93. The number of hydrogen-bond acceptors (Lipinski definition) is 2. The molecule has 1 fully saturated rings. The van der Waals surface area contributed by atoms with E-state index in [-0.39, 0.29) is 22.7 Å². The molecule has 3 nitrogen and oxygen atoms in total. The molecule has 3 heteroatoms. The molecule has 0 spiro atoms. The van der Waals surface area contributed by atoms with Crippen molar-refractivity contribution in [2.45, 2.75) is 34.6 Å². The van der Waals surface area contributed by atoms with Gasteiger partial charge >= 0.3 is 0 Å². The molecule has 0 radical (unpaired) electrons. The monoisotopic (exact) mass is 284 g/mol. The van der Waals surface area contributed by atoms with Gasteiger partial charge in [-0.1, -0.05) is 45.6 Å². The number of nitrogens with two attached hydrogens (primary N) is 1. The van der Waals surface area contributed by atoms with Gasteiger partial charge in [0.25, 0.3) is 0 Å². The van der Waals surface area contributed by atoms with E-state index in [0.717, 1.165) is 16.8 Å². The van der Waals surface area contributed by atoms with Crippen LogP contribution in [0.15, 0.2) is 18.2 Å². The summed E-state index contributed by atoms with van der Waals surface area (Å²) in [6.45, 7) is 10.9. The molecule has 1 aromatic carbocycles. The molecule has 1 aliphatic rings. The van der Waals surface area contributed by atoms with E-state index < -0.39 is 0 Å². The summed E-state index contributed by atoms with van der Waals surface area (Å²) < 4.78 is 0. The molecule has 1 aromatic rings. The molecule has 0 aromatic heterocycles. The van der Waals surface area contributed by atoms with Crippen LogP contribution in [-0.2, 0) is 4.79 Å². The van der Waals surface area contributed by atoms with Crippen LogP contribution in [0.2, 0.25) is 0 Å². The van der Waals surface area contributed by atoms with E-state index in [0.29, 0.717) is 6.54 Å². The summed E-state index contributed by atoms with van der Waals surface area (Å²) in [7, 11) is 0. The third kappa shape index (κ3) is 2.69. The smallest absolute Gasteiger partial charge is 0.228 e. The van der Waals surface area contributed by atoms with Crippen LogP contribution in [0.4, 0.5) is 5.69 Å². The zero-order valence-corrected chi connectivity index (χ0v) is 13.5. The van der Waals surface area contributed by atoms with Gasteiger partial charge in [0.15, 0.2) is 0 Å². The molecular formula is C18H24N2O. The second-order valence-electron chi connectivity index (χ2n) is 6.92. The average Bonchev–Trinajstić information content (AvgIpc) is 2.78. The highest BCUT2D eigenvalue weighted by Crippen LogP contribution is 2.68. The Hall–Kier alpha value is -1.79. The quantitative estimate of drug-likeness (QED) is 0.820. The second kappa shape index (κ2) is 5.20. The fourth-order valence-corrected chi connectivity index (χ4v) is 3.07. The molecule has 2 rings (SSSR count). The second-order valence-corrected chi connectivity index (χ2v) is 6.92. The van der Waals surface area contributed by atoms with Crippen molar-refractivity contribution in [1.82, 2.24) is 0 Å². The molecule has 3 N–H and O–H groups in total. The third-order valence-corrected chi connectivity index (χ3v) is 5.04. The minimum atomic E-state index is 0.0285. The molecule has 0 aliphatic heterocycles. The lowest BCUT2D eigenvalue weighted by molar-refractivity contribution is -0.118. The Balaban J connectivity index is 2.24. The number of carbonyl (C=O) groups excluding carboxylic acids is 1. The molecule has 1 saturated carbocycles. The van der Waals surface area contributed by atoms with Crippen LogP contribution < -0.4 is 11.1 Å². The number of amides is 1. The van der Waals surface area contributed by atoms with E-state index in [1.807, 2.05) is 25.1 Å². The molecule has 0 saturated heterocycles. The summed E-state index contributed by atoms with van der Waals surface area (Å²) in [6, 6.07) is 5.87. The van der Waals surface area contributed by atoms with Crippen molar-refractivity contribution in [2.75, 3.05) is 11.9 Å². The van der Waals surface area contributed by atoms with Crippen LogP contribution in [-0.4, -0.2) is 12.5 Å². The van der Waals surface area contributed by atoms with Crippen molar-refractivity contribution < 1.29 is 4.79 Å². The van der Waals surface area contributed by atoms with Crippen molar-refractivity contribution in [3.8, 4) is 11.8 Å². The molecule has 0 atom stereocenters. The first-order valence-corrected chi connectivity index (χ1v) is 7.32. The van der Waals surface area contributed by atoms with Gasteiger partial charge in [0.05, 0.1) is 12.2 Å². The van der Waals surface area contributed by atoms with Gasteiger partial charge in [0.2, 0.25) is 5.91 Å². The van der Waals surface area contributed by atoms with Crippen molar-refractivity contribution in [2.24, 2.45) is 22.5 Å². The maximum Gasteiger partial charge on any atom is 0.228 e. The summed E-state index contributed by atoms with van der Waals surface area (Å²) >= 11 is 0. The predicted molar refractivity (Wildman–Crippen MR) is 86.8 cm³/mol. The Morgan fingerprint density at radius 1 is 1.29 bits per heavy atom. The van der Waals surface area contributed by atoms with Gasteiger partial charge in [-0.25, -0.2) is 0 Å². The maximum absolute atomic E-state index is 12.6. The van der Waals surface area contributed by atoms with E-state index in [9.17, 15) is 4.79 Å². The Kier molecular flexibility index (Phi) is 3.86. The SMILES string of the molecule is Cc1ccc(C#CCN)c(NC(=O)C2C(C)(C)C2(C)C)c1. The van der Waals surface area contributed by atoms with Crippen LogP contribution >= 0.6 is 0 Å². The number of hydrogen-bond donors (Lipinski definition) is 2. The topological polar surface area (TPSA) is 55.1 Å². The summed E-state index contributed by atoms with van der Waals surface area (Å²) in [5.74, 6) is 5.96. The number of carbonyl (C=O) groups is 1. The van der Waals surface area contributed by atoms with Crippen molar-refractivity contribution in [1.29, 1.82) is 0 Å². The van der Waals surface area contributed by atoms with E-state index in [1.165, 1.54) is 0 Å². The molecule has 0 bridgehead atoms. The number of benzene rings is 1. The minimum Gasteiger partial charge on any atom is -0.325 e. The highest BCUT2D eigenvalue weighted by atomic mass is 16.2. The number of anilines is 1. The summed E-state index contributed by atoms with van der Waals surface area (Å²) in [4.78, 5) is 12.6. The molecule has 1 aliphatic carbocycles. The van der Waals surface area contributed by atoms with Crippen LogP contribution in [0, 0.1) is 35.5 Å². The average molecular weight is 284 g/mol. The fourth-order valence-electron chi connectivity index (χ4n) is 3.07. The molecule has 21 heavy (non-hydrogen) atoms. The first kappa shape index (κ1) is 15.6. The molecule has 0 heterocycles. The van der Waals surface area contributed by atoms with Gasteiger partial charge in [-0.3, -0.25) is 4.79 Å². The third-order valence-electron chi connectivity index (χ3n) is 5.04. The summed E-state index contributed by atoms with van der Waals surface area (Å²) in [6.07, 6.45) is 0. The molecule has 1 amide bonds. The Labute approximate surface area is 127 Å². The lowest BCUT2D eigenvalue weighted by Crippen LogP contribution is -2.18. The summed E-state index contributed by atoms with van der Waals surface area (Å²) in [5.41, 5.74) is 8.18. The van der Waals surface area contributed by atoms with Gasteiger partial charge in [-0.05, 0) is 35.4 Å². The lowest BCUT2D eigenvalue weighted by Gasteiger charge is -2.10. The van der Waals surface area contributed by atoms with Crippen LogP contribution in [0.1, 0.15) is 38.8 Å². The Bertz CT molecular complexity index is 618. The van der Waals surface area contributed by atoms with Gasteiger partial charge in [0.1, 0.15) is 0 Å². The number of nitrogens with one attached hydrogen (secondary N) is 1. The van der Waals surface area contributed by atoms with Crippen LogP contribution in [0.25, 0.3) is 0 Å². The van der Waals surface area contributed by atoms with Crippen LogP contribution in [0.5, 0.6) is 0 Å². The number of aryl methyl sites for hydroxylation is 1. The zero-order chi connectivity index (χ0) is 15.8. The first-order valence-electron chi connectivity index (χ1n) is 7.32. The highest BCUT2D eigenvalue weighted by Gasteiger charge is 2.68. The van der Waals surface area contributed by atoms with Gasteiger partial charge in [-0.2, -0.15) is 0 Å². The Morgan fingerprint density at radius 3 is 2.43 bits per heavy atom. The summed E-state index contributed by atoms with van der Waals surface area (Å²) in [5, 5.41) is 3.05. The van der Waals surface area contributed by atoms with Crippen LogP contribution in [0.3, 0.4) is 0 Å². The molecule has 112 valence electrons. The minimum absolute atomic E-state index is 0.0285. The highest BCUT2D eigenvalue weighted by molar-refractivity contribution is 5.97. The van der Waals surface area contributed by atoms with Gasteiger partial charge in [-0.15, -0.1) is 0 Å². The Morgan fingerprint density at radius 2 is 1.90 bits per heavy atom. The molecule has 0 unspecified atom stereocenters. The van der Waals surface area contributed by atoms with E-state index in [1.54, 1.807) is 0 Å². The lowest BCUT2D eigenvalue weighted by atomic mass is 10.0. The van der Waals surface area contributed by atoms with Gasteiger partial charge in [0, 0.05) is 11.5 Å². The van der Waals surface area contributed by atoms with E-state index >= 15 is 0 Å². The normalized spacial score (nSPS) is 18.6. The maximum atomic E-state index is 12.6. The molecular weight excluding hydrogens is 260 g/mol. The van der Waals surface area contributed by atoms with Crippen molar-refractivity contribution >= 4 is 11.6 Å². The fraction of sp³-hybridized carbons (Fsp3) is 0.500. The van der Waals surface area contributed by atoms with E-state index in [2.05, 4.69) is 44.9 Å². The van der Waals surface area contributed by atoms with Gasteiger partial charge < -0.3 is 11.1 Å². The largest absolute Gasteiger partial charge is 0.325 e. The standard InChI is InChI=1S/C18H24N2O/c1-12-8-9-13(7-6-10-19)14(11-12)20-16(21)15-17(2,3)18(15,4)5/h8-9,11,15H,10,19H2,1-5H3,(H,20,21). The number of rotatable bonds is 2. The van der Waals surface area contributed by atoms with Crippen molar-refractivity contribution in [3.63, 3.8) is 0 Å².